The predicted molar refractivity (Wildman–Crippen MR) is 156 cm³/mol. The van der Waals surface area contributed by atoms with Gasteiger partial charge in [-0.15, -0.1) is 0 Å². The molecule has 1 aliphatic carbocycles. The highest BCUT2D eigenvalue weighted by Crippen LogP contribution is 2.52. The fourth-order valence-corrected chi connectivity index (χ4v) is 7.12. The summed E-state index contributed by atoms with van der Waals surface area (Å²) in [5.41, 5.74) is -0.230. The number of hydrogen-bond acceptors (Lipinski definition) is 4. The Morgan fingerprint density at radius 1 is 0.978 bits per heavy atom. The Bertz CT molecular complexity index is 1530. The van der Waals surface area contributed by atoms with Crippen LogP contribution in [0.15, 0.2) is 53.1 Å². The normalized spacial score (nSPS) is 24.0. The zero-order valence-electron chi connectivity index (χ0n) is 24.6. The van der Waals surface area contributed by atoms with Gasteiger partial charge in [0.2, 0.25) is 11.8 Å². The summed E-state index contributed by atoms with van der Waals surface area (Å²) in [7, 11) is 0. The molecular formula is C33H32ClF6NO4. The first-order valence-electron chi connectivity index (χ1n) is 14.8. The molecule has 2 aromatic carbocycles. The van der Waals surface area contributed by atoms with Gasteiger partial charge in [0.05, 0.1) is 46.4 Å². The van der Waals surface area contributed by atoms with Crippen LogP contribution in [0.25, 0.3) is 6.08 Å². The van der Waals surface area contributed by atoms with Gasteiger partial charge in [-0.25, -0.2) is 4.90 Å². The molecule has 0 unspecified atom stereocenters. The lowest BCUT2D eigenvalue weighted by atomic mass is 9.69. The molecule has 0 saturated carbocycles. The number of fused-ring (bicyclic) bond motifs is 3. The van der Waals surface area contributed by atoms with Crippen molar-refractivity contribution < 1.29 is 45.8 Å². The molecule has 5 rings (SSSR count). The lowest BCUT2D eigenvalue weighted by Gasteiger charge is -2.31. The topological polar surface area (TPSA) is 66.8 Å². The molecule has 5 nitrogen and oxygen atoms in total. The molecule has 12 heteroatoms. The molecule has 0 aromatic heterocycles. The molecule has 0 spiro atoms. The van der Waals surface area contributed by atoms with Gasteiger partial charge in [0.15, 0.2) is 0 Å². The number of ether oxygens (including phenoxy) is 1. The first-order chi connectivity index (χ1) is 21.1. The van der Waals surface area contributed by atoms with E-state index >= 15 is 0 Å². The smallest absolute Gasteiger partial charge is 0.416 e. The third-order valence-electron chi connectivity index (χ3n) is 8.91. The van der Waals surface area contributed by atoms with Crippen molar-refractivity contribution in [2.45, 2.75) is 70.8 Å². The number of imide groups is 1. The van der Waals surface area contributed by atoms with Gasteiger partial charge in [-0.2, -0.15) is 26.3 Å². The first kappa shape index (κ1) is 33.1. The number of aromatic hydroxyl groups is 1. The molecule has 4 atom stereocenters. The maximum atomic E-state index is 13.8. The summed E-state index contributed by atoms with van der Waals surface area (Å²) in [4.78, 5) is 27.8. The molecule has 2 aliphatic heterocycles. The van der Waals surface area contributed by atoms with E-state index in [9.17, 15) is 41.0 Å². The minimum Gasteiger partial charge on any atom is -0.508 e. The minimum atomic E-state index is -5.12. The summed E-state index contributed by atoms with van der Waals surface area (Å²) < 4.78 is 87.6. The number of halogens is 7. The molecule has 2 saturated heterocycles. The summed E-state index contributed by atoms with van der Waals surface area (Å²) in [5.74, 6) is -3.92. The van der Waals surface area contributed by atoms with Gasteiger partial charge in [0.25, 0.3) is 0 Å². The van der Waals surface area contributed by atoms with Gasteiger partial charge in [0, 0.05) is 5.92 Å². The molecule has 3 aliphatic rings. The Labute approximate surface area is 261 Å². The molecule has 242 valence electrons. The van der Waals surface area contributed by atoms with Crippen molar-refractivity contribution in [3.8, 4) is 5.75 Å². The van der Waals surface area contributed by atoms with Crippen LogP contribution in [-0.2, 0) is 26.7 Å². The van der Waals surface area contributed by atoms with Crippen molar-refractivity contribution in [1.29, 1.82) is 0 Å². The molecule has 2 fully saturated rings. The maximum Gasteiger partial charge on any atom is 0.416 e. The van der Waals surface area contributed by atoms with Crippen LogP contribution in [0.2, 0.25) is 5.02 Å². The lowest BCUT2D eigenvalue weighted by Crippen LogP contribution is -2.34. The van der Waals surface area contributed by atoms with E-state index in [2.05, 4.69) is 0 Å². The summed E-state index contributed by atoms with van der Waals surface area (Å²) in [6, 6.07) is 5.56. The number of allylic oxidation sites excluding steroid dienone is 2. The highest BCUT2D eigenvalue weighted by Gasteiger charge is 2.57. The number of carbonyl (C=O) groups excluding carboxylic acids is 2. The Morgan fingerprint density at radius 3 is 2.22 bits per heavy atom. The minimum absolute atomic E-state index is 0.0251. The Kier molecular flexibility index (Phi) is 9.16. The number of rotatable bonds is 8. The standard InChI is InChI=1S/C33H32ClF6NO4/c1-3-5-17(10-19-7-8-23(42)15-26(19)34)6-9-27-28-18(4-2)11-24-29(25(28)16-45-27)31(44)41(30(24)43)22-13-20(32(35,36)37)12-21(14-22)33(38,39)40/h7-8,10,12-15,24-25,27,29,42H,3-6,9,11,16H2,1-2H3/b17-10+/t24-,25+,27-,29-/m1/s1. The van der Waals surface area contributed by atoms with Crippen LogP contribution in [0.3, 0.4) is 0 Å². The molecule has 2 heterocycles. The summed E-state index contributed by atoms with van der Waals surface area (Å²) in [6.45, 7) is 4.07. The van der Waals surface area contributed by atoms with E-state index in [1.165, 1.54) is 6.07 Å². The van der Waals surface area contributed by atoms with Gasteiger partial charge in [0.1, 0.15) is 5.75 Å². The second kappa shape index (κ2) is 12.5. The second-order valence-corrected chi connectivity index (χ2v) is 12.2. The highest BCUT2D eigenvalue weighted by molar-refractivity contribution is 6.32. The van der Waals surface area contributed by atoms with Crippen LogP contribution < -0.4 is 4.90 Å². The third kappa shape index (κ3) is 6.52. The summed E-state index contributed by atoms with van der Waals surface area (Å²) in [5, 5.41) is 10.1. The summed E-state index contributed by atoms with van der Waals surface area (Å²) in [6.07, 6.45) is -5.01. The van der Waals surface area contributed by atoms with Crippen molar-refractivity contribution in [3.05, 3.63) is 74.8 Å². The maximum absolute atomic E-state index is 13.8. The number of benzene rings is 2. The molecule has 2 amide bonds. The van der Waals surface area contributed by atoms with Gasteiger partial charge in [-0.05, 0) is 79.6 Å². The number of alkyl halides is 6. The van der Waals surface area contributed by atoms with Gasteiger partial charge >= 0.3 is 12.4 Å². The van der Waals surface area contributed by atoms with E-state index in [1.54, 1.807) is 12.1 Å². The van der Waals surface area contributed by atoms with Crippen molar-refractivity contribution in [1.82, 2.24) is 0 Å². The van der Waals surface area contributed by atoms with Gasteiger partial charge in [-0.1, -0.05) is 49.1 Å². The van der Waals surface area contributed by atoms with Crippen molar-refractivity contribution in [3.63, 3.8) is 0 Å². The monoisotopic (exact) mass is 655 g/mol. The molecule has 0 bridgehead atoms. The van der Waals surface area contributed by atoms with Crippen molar-refractivity contribution in [2.75, 3.05) is 11.5 Å². The van der Waals surface area contributed by atoms with Crippen LogP contribution in [0.5, 0.6) is 5.75 Å². The fourth-order valence-electron chi connectivity index (χ4n) is 6.89. The van der Waals surface area contributed by atoms with Crippen LogP contribution in [0, 0.1) is 17.8 Å². The van der Waals surface area contributed by atoms with E-state index in [4.69, 9.17) is 16.3 Å². The molecule has 45 heavy (non-hydrogen) atoms. The van der Waals surface area contributed by atoms with E-state index in [0.29, 0.717) is 41.3 Å². The quantitative estimate of drug-likeness (QED) is 0.175. The largest absolute Gasteiger partial charge is 0.508 e. The first-order valence-corrected chi connectivity index (χ1v) is 15.2. The van der Waals surface area contributed by atoms with E-state index < -0.39 is 58.7 Å². The Balaban J connectivity index is 1.42. The van der Waals surface area contributed by atoms with Gasteiger partial charge < -0.3 is 9.84 Å². The average molecular weight is 656 g/mol. The SMILES string of the molecule is CCC/C(=C\c1ccc(O)cc1Cl)CC[C@H]1OC[C@H]2C1=C(CC)C[C@H]1C(=O)N(c3cc(C(F)(F)F)cc(C(F)(F)F)c3)C(=O)[C@H]12. The van der Waals surface area contributed by atoms with Crippen LogP contribution in [0.1, 0.15) is 69.1 Å². The lowest BCUT2D eigenvalue weighted by molar-refractivity contribution is -0.143. The van der Waals surface area contributed by atoms with Crippen LogP contribution in [-0.4, -0.2) is 29.6 Å². The molecule has 0 radical (unpaired) electrons. The number of amides is 2. The van der Waals surface area contributed by atoms with Crippen LogP contribution >= 0.6 is 11.6 Å². The number of anilines is 1. The van der Waals surface area contributed by atoms with E-state index in [-0.39, 0.29) is 30.9 Å². The number of phenolic OH excluding ortho intramolecular Hbond substituents is 1. The Hall–Kier alpha value is -3.31. The summed E-state index contributed by atoms with van der Waals surface area (Å²) >= 11 is 6.31. The third-order valence-corrected chi connectivity index (χ3v) is 9.24. The van der Waals surface area contributed by atoms with E-state index in [0.717, 1.165) is 35.1 Å². The number of hydrogen-bond donors (Lipinski definition) is 1. The molecular weight excluding hydrogens is 624 g/mol. The average Bonchev–Trinajstić information content (AvgIpc) is 3.49. The van der Waals surface area contributed by atoms with Crippen molar-refractivity contribution in [2.24, 2.45) is 17.8 Å². The van der Waals surface area contributed by atoms with E-state index in [1.807, 2.05) is 19.9 Å². The fraction of sp³-hybridized carbons (Fsp3) is 0.455. The van der Waals surface area contributed by atoms with Gasteiger partial charge in [-0.3, -0.25) is 9.59 Å². The zero-order valence-corrected chi connectivity index (χ0v) is 25.3. The number of nitrogens with zero attached hydrogens (tertiary/aromatic N) is 1. The second-order valence-electron chi connectivity index (χ2n) is 11.8. The number of carbonyl (C=O) groups is 2. The predicted octanol–water partition coefficient (Wildman–Crippen LogP) is 8.98. The van der Waals surface area contributed by atoms with Crippen molar-refractivity contribution >= 4 is 35.2 Å². The van der Waals surface area contributed by atoms with Crippen LogP contribution in [0.4, 0.5) is 32.0 Å². The molecule has 2 aromatic rings. The Morgan fingerprint density at radius 2 is 1.64 bits per heavy atom. The highest BCUT2D eigenvalue weighted by atomic mass is 35.5. The zero-order chi connectivity index (χ0) is 32.8. The molecule has 1 N–H and O–H groups in total. The number of phenols is 1.